The first-order valence-electron chi connectivity index (χ1n) is 8.96. The number of hydrogen-bond acceptors (Lipinski definition) is 4. The van der Waals surface area contributed by atoms with E-state index in [1.54, 1.807) is 48.5 Å². The second-order valence-electron chi connectivity index (χ2n) is 6.56. The minimum Gasteiger partial charge on any atom is -0.378 e. The summed E-state index contributed by atoms with van der Waals surface area (Å²) in [5, 5.41) is 6.13. The average molecular weight is 410 g/mol. The quantitative estimate of drug-likeness (QED) is 0.457. The molecule has 0 unspecified atom stereocenters. The highest BCUT2D eigenvalue weighted by molar-refractivity contribution is 6.30. The molecule has 0 spiro atoms. The Bertz CT molecular complexity index is 1240. The Balaban J connectivity index is 1.88. The molecule has 0 fully saturated rings. The van der Waals surface area contributed by atoms with E-state index in [9.17, 15) is 9.18 Å². The highest BCUT2D eigenvalue weighted by atomic mass is 35.5. The van der Waals surface area contributed by atoms with Gasteiger partial charge in [-0.25, -0.2) is 9.67 Å². The first-order valence-corrected chi connectivity index (χ1v) is 9.33. The number of rotatable bonds is 5. The monoisotopic (exact) mass is 409 g/mol. The van der Waals surface area contributed by atoms with Gasteiger partial charge >= 0.3 is 0 Å². The smallest absolute Gasteiger partial charge is 0.274 e. The second-order valence-corrected chi connectivity index (χ2v) is 6.99. The molecule has 0 atom stereocenters. The molecule has 0 aliphatic heterocycles. The third-order valence-corrected chi connectivity index (χ3v) is 4.82. The fourth-order valence-electron chi connectivity index (χ4n) is 3.18. The van der Waals surface area contributed by atoms with Crippen molar-refractivity contribution in [2.24, 2.45) is 0 Å². The maximum atomic E-state index is 14.8. The Morgan fingerprint density at radius 2 is 1.76 bits per heavy atom. The number of methoxy groups -OCH3 is 1. The molecule has 2 heterocycles. The van der Waals surface area contributed by atoms with Crippen molar-refractivity contribution in [1.82, 2.24) is 14.8 Å². The van der Waals surface area contributed by atoms with Gasteiger partial charge in [0.2, 0.25) is 5.95 Å². The zero-order valence-electron chi connectivity index (χ0n) is 15.6. The molecule has 29 heavy (non-hydrogen) atoms. The van der Waals surface area contributed by atoms with E-state index in [-0.39, 0.29) is 24.3 Å². The number of benzene rings is 2. The molecule has 0 amide bonds. The number of hydrogen-bond donors (Lipinski definition) is 0. The molecule has 0 saturated carbocycles. The number of ether oxygens (including phenoxy) is 1. The minimum atomic E-state index is -0.658. The molecule has 2 aromatic heterocycles. The standard InChI is InChI=1S/C22H17ClFN3O2/c1-29-13-16-10-11-19(21(24)25-16)20-17-4-2-3-5-18(17)22(28)27(26-20)12-14-6-8-15(23)9-7-14/h2-11H,12-13H2,1H3. The fraction of sp³-hybridized carbons (Fsp3) is 0.136. The van der Waals surface area contributed by atoms with Crippen LogP contribution < -0.4 is 5.56 Å². The first kappa shape index (κ1) is 19.2. The van der Waals surface area contributed by atoms with Gasteiger partial charge in [0.25, 0.3) is 5.56 Å². The summed E-state index contributed by atoms with van der Waals surface area (Å²) < 4.78 is 21.1. The number of pyridine rings is 1. The summed E-state index contributed by atoms with van der Waals surface area (Å²) in [5.74, 6) is -0.658. The lowest BCUT2D eigenvalue weighted by molar-refractivity contribution is 0.180. The van der Waals surface area contributed by atoms with Crippen LogP contribution in [0.2, 0.25) is 5.02 Å². The lowest BCUT2D eigenvalue weighted by Crippen LogP contribution is -2.24. The third kappa shape index (κ3) is 3.90. The summed E-state index contributed by atoms with van der Waals surface area (Å²) in [7, 11) is 1.52. The summed E-state index contributed by atoms with van der Waals surface area (Å²) in [6.45, 7) is 0.450. The van der Waals surface area contributed by atoms with Crippen LogP contribution in [-0.2, 0) is 17.9 Å². The van der Waals surface area contributed by atoms with Crippen molar-refractivity contribution in [3.8, 4) is 11.3 Å². The van der Waals surface area contributed by atoms with Crippen LogP contribution in [0.4, 0.5) is 4.39 Å². The number of aromatic nitrogens is 3. The molecule has 0 saturated heterocycles. The summed E-state index contributed by atoms with van der Waals surface area (Å²) >= 11 is 5.94. The van der Waals surface area contributed by atoms with Crippen molar-refractivity contribution < 1.29 is 9.13 Å². The Hall–Kier alpha value is -3.09. The molecule has 0 bridgehead atoms. The maximum absolute atomic E-state index is 14.8. The van der Waals surface area contributed by atoms with Crippen LogP contribution in [0, 0.1) is 5.95 Å². The van der Waals surface area contributed by atoms with E-state index in [1.807, 2.05) is 12.1 Å². The second kappa shape index (κ2) is 8.11. The van der Waals surface area contributed by atoms with E-state index >= 15 is 0 Å². The van der Waals surface area contributed by atoms with Gasteiger partial charge in [-0.3, -0.25) is 4.79 Å². The van der Waals surface area contributed by atoms with E-state index in [2.05, 4.69) is 10.1 Å². The van der Waals surface area contributed by atoms with Crippen LogP contribution in [-0.4, -0.2) is 21.9 Å². The van der Waals surface area contributed by atoms with Gasteiger partial charge < -0.3 is 4.74 Å². The molecule has 0 N–H and O–H groups in total. The van der Waals surface area contributed by atoms with E-state index in [4.69, 9.17) is 16.3 Å². The lowest BCUT2D eigenvalue weighted by atomic mass is 10.1. The van der Waals surface area contributed by atoms with Gasteiger partial charge in [-0.2, -0.15) is 9.49 Å². The Morgan fingerprint density at radius 1 is 1.03 bits per heavy atom. The van der Waals surface area contributed by atoms with Crippen LogP contribution in [0.3, 0.4) is 0 Å². The Morgan fingerprint density at radius 3 is 2.45 bits per heavy atom. The van der Waals surface area contributed by atoms with E-state index in [0.717, 1.165) is 5.56 Å². The molecule has 7 heteroatoms. The van der Waals surface area contributed by atoms with Crippen LogP contribution in [0.5, 0.6) is 0 Å². The van der Waals surface area contributed by atoms with Crippen molar-refractivity contribution in [3.63, 3.8) is 0 Å². The van der Waals surface area contributed by atoms with E-state index < -0.39 is 5.95 Å². The molecule has 0 aliphatic carbocycles. The first-order chi connectivity index (χ1) is 14.1. The molecule has 146 valence electrons. The zero-order chi connectivity index (χ0) is 20.4. The molecule has 5 nitrogen and oxygen atoms in total. The number of fused-ring (bicyclic) bond motifs is 1. The SMILES string of the molecule is COCc1ccc(-c2nn(Cc3ccc(Cl)cc3)c(=O)c3ccccc23)c(F)n1. The van der Waals surface area contributed by atoms with Crippen LogP contribution in [0.15, 0.2) is 65.5 Å². The highest BCUT2D eigenvalue weighted by Crippen LogP contribution is 2.26. The van der Waals surface area contributed by atoms with Gasteiger partial charge in [-0.05, 0) is 35.9 Å². The maximum Gasteiger partial charge on any atom is 0.274 e. The van der Waals surface area contributed by atoms with Gasteiger partial charge in [0.15, 0.2) is 0 Å². The fourth-order valence-corrected chi connectivity index (χ4v) is 3.31. The largest absolute Gasteiger partial charge is 0.378 e. The number of nitrogens with zero attached hydrogens (tertiary/aromatic N) is 3. The van der Waals surface area contributed by atoms with Gasteiger partial charge in [0, 0.05) is 17.5 Å². The molecule has 4 rings (SSSR count). The molecule has 2 aromatic carbocycles. The minimum absolute atomic E-state index is 0.210. The molecule has 0 radical (unpaired) electrons. The van der Waals surface area contributed by atoms with Crippen molar-refractivity contribution >= 4 is 22.4 Å². The van der Waals surface area contributed by atoms with Crippen LogP contribution in [0.1, 0.15) is 11.3 Å². The Kier molecular flexibility index (Phi) is 5.38. The summed E-state index contributed by atoms with van der Waals surface area (Å²) in [6.07, 6.45) is 0. The third-order valence-electron chi connectivity index (χ3n) is 4.57. The van der Waals surface area contributed by atoms with Gasteiger partial charge in [-0.15, -0.1) is 0 Å². The lowest BCUT2D eigenvalue weighted by Gasteiger charge is -2.12. The van der Waals surface area contributed by atoms with E-state index in [0.29, 0.717) is 27.2 Å². The normalized spacial score (nSPS) is 11.1. The summed E-state index contributed by atoms with van der Waals surface area (Å²) in [4.78, 5) is 16.9. The number of halogens is 2. The van der Waals surface area contributed by atoms with Crippen molar-refractivity contribution in [2.45, 2.75) is 13.2 Å². The van der Waals surface area contributed by atoms with Gasteiger partial charge in [-0.1, -0.05) is 41.9 Å². The highest BCUT2D eigenvalue weighted by Gasteiger charge is 2.16. The van der Waals surface area contributed by atoms with E-state index in [1.165, 1.54) is 11.8 Å². The summed E-state index contributed by atoms with van der Waals surface area (Å²) in [6, 6.07) is 17.5. The van der Waals surface area contributed by atoms with Gasteiger partial charge in [0.05, 0.1) is 29.8 Å². The van der Waals surface area contributed by atoms with Crippen molar-refractivity contribution in [1.29, 1.82) is 0 Å². The van der Waals surface area contributed by atoms with Crippen LogP contribution in [0.25, 0.3) is 22.0 Å². The molecule has 0 aliphatic rings. The predicted octanol–water partition coefficient (Wildman–Crippen LogP) is 4.45. The van der Waals surface area contributed by atoms with Crippen LogP contribution >= 0.6 is 11.6 Å². The summed E-state index contributed by atoms with van der Waals surface area (Å²) in [5.41, 5.74) is 1.68. The molecular weight excluding hydrogens is 393 g/mol. The van der Waals surface area contributed by atoms with Crippen molar-refractivity contribution in [3.05, 3.63) is 93.2 Å². The average Bonchev–Trinajstić information content (AvgIpc) is 2.72. The van der Waals surface area contributed by atoms with Crippen molar-refractivity contribution in [2.75, 3.05) is 7.11 Å². The topological polar surface area (TPSA) is 57.0 Å². The Labute approximate surface area is 171 Å². The predicted molar refractivity (Wildman–Crippen MR) is 110 cm³/mol. The van der Waals surface area contributed by atoms with Gasteiger partial charge in [0.1, 0.15) is 5.69 Å². The molecular formula is C22H17ClFN3O2. The molecule has 4 aromatic rings. The zero-order valence-corrected chi connectivity index (χ0v) is 16.4.